The first-order chi connectivity index (χ1) is 12.6. The van der Waals surface area contributed by atoms with Gasteiger partial charge in [-0.1, -0.05) is 12.1 Å². The molecule has 5 nitrogen and oxygen atoms in total. The fraction of sp³-hybridized carbons (Fsp3) is 0.333. The van der Waals surface area contributed by atoms with E-state index in [4.69, 9.17) is 4.42 Å². The summed E-state index contributed by atoms with van der Waals surface area (Å²) in [6.45, 7) is 4.70. The molecule has 2 aromatic heterocycles. The van der Waals surface area contributed by atoms with Crippen molar-refractivity contribution in [1.29, 1.82) is 0 Å². The minimum atomic E-state index is 0.0644. The Morgan fingerprint density at radius 1 is 1.27 bits per heavy atom. The molecule has 1 amide bonds. The molecular weight excluding hydrogens is 326 g/mol. The average molecular weight is 349 g/mol. The van der Waals surface area contributed by atoms with Crippen LogP contribution in [0.5, 0.6) is 0 Å². The van der Waals surface area contributed by atoms with Crippen LogP contribution in [0.3, 0.4) is 0 Å². The first-order valence-electron chi connectivity index (χ1n) is 9.05. The van der Waals surface area contributed by atoms with Gasteiger partial charge in [-0.25, -0.2) is 4.68 Å². The van der Waals surface area contributed by atoms with Gasteiger partial charge < -0.3 is 9.73 Å². The molecule has 0 unspecified atom stereocenters. The van der Waals surface area contributed by atoms with Crippen molar-refractivity contribution in [2.45, 2.75) is 32.6 Å². The Hall–Kier alpha value is -2.82. The Kier molecular flexibility index (Phi) is 4.37. The third-order valence-electron chi connectivity index (χ3n) is 4.94. The van der Waals surface area contributed by atoms with Crippen LogP contribution in [0, 0.1) is 19.8 Å². The van der Waals surface area contributed by atoms with E-state index >= 15 is 0 Å². The molecule has 2 atom stereocenters. The zero-order valence-electron chi connectivity index (χ0n) is 15.1. The van der Waals surface area contributed by atoms with Crippen molar-refractivity contribution in [3.8, 4) is 5.69 Å². The summed E-state index contributed by atoms with van der Waals surface area (Å²) >= 11 is 0. The van der Waals surface area contributed by atoms with Crippen LogP contribution in [0.4, 0.5) is 0 Å². The van der Waals surface area contributed by atoms with Gasteiger partial charge in [-0.3, -0.25) is 4.79 Å². The van der Waals surface area contributed by atoms with Crippen molar-refractivity contribution < 1.29 is 9.21 Å². The van der Waals surface area contributed by atoms with Crippen molar-refractivity contribution in [2.24, 2.45) is 5.92 Å². The molecule has 1 N–H and O–H groups in total. The number of hydrogen-bond donors (Lipinski definition) is 1. The molecule has 3 aromatic rings. The summed E-state index contributed by atoms with van der Waals surface area (Å²) in [6, 6.07) is 14.2. The van der Waals surface area contributed by atoms with Crippen molar-refractivity contribution in [3.05, 3.63) is 71.4 Å². The average Bonchev–Trinajstić information content (AvgIpc) is 3.09. The van der Waals surface area contributed by atoms with Gasteiger partial charge in [0.15, 0.2) is 0 Å². The molecule has 1 saturated carbocycles. The maximum absolute atomic E-state index is 12.2. The molecule has 2 heterocycles. The Balaban J connectivity index is 1.27. The van der Waals surface area contributed by atoms with E-state index in [1.807, 2.05) is 23.7 Å². The Labute approximate surface area is 153 Å². The van der Waals surface area contributed by atoms with E-state index < -0.39 is 0 Å². The molecule has 26 heavy (non-hydrogen) atoms. The zero-order valence-corrected chi connectivity index (χ0v) is 15.1. The van der Waals surface area contributed by atoms with Gasteiger partial charge in [-0.15, -0.1) is 0 Å². The van der Waals surface area contributed by atoms with E-state index in [9.17, 15) is 4.79 Å². The molecule has 5 heteroatoms. The van der Waals surface area contributed by atoms with Gasteiger partial charge in [-0.05, 0) is 62.6 Å². The second-order valence-corrected chi connectivity index (χ2v) is 7.01. The van der Waals surface area contributed by atoms with Gasteiger partial charge in [0.2, 0.25) is 5.91 Å². The standard InChI is InChI=1S/C21H23N3O2/c1-14-12-15(2)24(23-14)17-7-5-16(6-8-17)9-10-22-21(25)19-13-18(19)20-4-3-11-26-20/h3-8,11-12,18-19H,9-10,13H2,1-2H3,(H,22,25)/t18-,19-/m1/s1. The van der Waals surface area contributed by atoms with Crippen molar-refractivity contribution in [1.82, 2.24) is 15.1 Å². The van der Waals surface area contributed by atoms with E-state index in [0.29, 0.717) is 6.54 Å². The van der Waals surface area contributed by atoms with Gasteiger partial charge in [0.1, 0.15) is 5.76 Å². The van der Waals surface area contributed by atoms with Crippen LogP contribution < -0.4 is 5.32 Å². The number of carbonyl (C=O) groups is 1. The fourth-order valence-electron chi connectivity index (χ4n) is 3.46. The SMILES string of the molecule is Cc1cc(C)n(-c2ccc(CCNC(=O)[C@@H]3C[C@H]3c3ccco3)cc2)n1. The number of carbonyl (C=O) groups excluding carboxylic acids is 1. The predicted molar refractivity (Wildman–Crippen MR) is 99.3 cm³/mol. The van der Waals surface area contributed by atoms with E-state index in [1.54, 1.807) is 6.26 Å². The van der Waals surface area contributed by atoms with Gasteiger partial charge in [-0.2, -0.15) is 5.10 Å². The fourth-order valence-corrected chi connectivity index (χ4v) is 3.46. The molecule has 0 radical (unpaired) electrons. The normalized spacial score (nSPS) is 18.7. The molecule has 0 aliphatic heterocycles. The molecule has 134 valence electrons. The lowest BCUT2D eigenvalue weighted by Gasteiger charge is -2.07. The lowest BCUT2D eigenvalue weighted by molar-refractivity contribution is -0.122. The Bertz CT molecular complexity index is 894. The summed E-state index contributed by atoms with van der Waals surface area (Å²) in [6.07, 6.45) is 3.37. The van der Waals surface area contributed by atoms with Crippen molar-refractivity contribution >= 4 is 5.91 Å². The molecule has 0 bridgehead atoms. The summed E-state index contributed by atoms with van der Waals surface area (Å²) in [5.41, 5.74) is 4.40. The van der Waals surface area contributed by atoms with Crippen LogP contribution in [-0.2, 0) is 11.2 Å². The summed E-state index contributed by atoms with van der Waals surface area (Å²) < 4.78 is 7.33. The van der Waals surface area contributed by atoms with Crippen LogP contribution >= 0.6 is 0 Å². The highest BCUT2D eigenvalue weighted by atomic mass is 16.3. The van der Waals surface area contributed by atoms with Gasteiger partial charge in [0, 0.05) is 24.1 Å². The second kappa shape index (κ2) is 6.83. The van der Waals surface area contributed by atoms with Crippen molar-refractivity contribution in [3.63, 3.8) is 0 Å². The maximum Gasteiger partial charge on any atom is 0.223 e. The molecule has 1 aliphatic rings. The first kappa shape index (κ1) is 16.6. The van der Waals surface area contributed by atoms with Gasteiger partial charge in [0.05, 0.1) is 17.6 Å². The minimum absolute atomic E-state index is 0.0644. The number of aryl methyl sites for hydroxylation is 2. The number of nitrogens with one attached hydrogen (secondary N) is 1. The zero-order chi connectivity index (χ0) is 18.1. The number of benzene rings is 1. The molecule has 1 aliphatic carbocycles. The largest absolute Gasteiger partial charge is 0.469 e. The highest BCUT2D eigenvalue weighted by Crippen LogP contribution is 2.47. The smallest absolute Gasteiger partial charge is 0.223 e. The topological polar surface area (TPSA) is 60.1 Å². The van der Waals surface area contributed by atoms with E-state index in [0.717, 1.165) is 35.7 Å². The van der Waals surface area contributed by atoms with E-state index in [-0.39, 0.29) is 17.7 Å². The van der Waals surface area contributed by atoms with Crippen LogP contribution in [-0.4, -0.2) is 22.2 Å². The summed E-state index contributed by atoms with van der Waals surface area (Å²) in [5, 5.41) is 7.55. The first-order valence-corrected chi connectivity index (χ1v) is 9.05. The lowest BCUT2D eigenvalue weighted by atomic mass is 10.1. The molecular formula is C21H23N3O2. The highest BCUT2D eigenvalue weighted by molar-refractivity contribution is 5.82. The summed E-state index contributed by atoms with van der Waals surface area (Å²) in [4.78, 5) is 12.2. The third-order valence-corrected chi connectivity index (χ3v) is 4.94. The molecule has 4 rings (SSSR count). The number of nitrogens with zero attached hydrogens (tertiary/aromatic N) is 2. The number of rotatable bonds is 6. The number of aromatic nitrogens is 2. The van der Waals surface area contributed by atoms with Crippen molar-refractivity contribution in [2.75, 3.05) is 6.54 Å². The van der Waals surface area contributed by atoms with Crippen LogP contribution in [0.2, 0.25) is 0 Å². The molecule has 0 saturated heterocycles. The quantitative estimate of drug-likeness (QED) is 0.740. The number of amides is 1. The van der Waals surface area contributed by atoms with E-state index in [1.165, 1.54) is 5.56 Å². The summed E-state index contributed by atoms with van der Waals surface area (Å²) in [5.74, 6) is 1.37. The van der Waals surface area contributed by atoms with Crippen LogP contribution in [0.1, 0.15) is 35.1 Å². The number of furan rings is 1. The molecule has 0 spiro atoms. The van der Waals surface area contributed by atoms with Crippen LogP contribution in [0.15, 0.2) is 53.1 Å². The van der Waals surface area contributed by atoms with E-state index in [2.05, 4.69) is 47.7 Å². The minimum Gasteiger partial charge on any atom is -0.469 e. The Morgan fingerprint density at radius 2 is 2.08 bits per heavy atom. The third kappa shape index (κ3) is 3.43. The van der Waals surface area contributed by atoms with Crippen LogP contribution in [0.25, 0.3) is 5.69 Å². The molecule has 1 fully saturated rings. The Morgan fingerprint density at radius 3 is 2.73 bits per heavy atom. The monoisotopic (exact) mass is 349 g/mol. The number of hydrogen-bond acceptors (Lipinski definition) is 3. The highest BCUT2D eigenvalue weighted by Gasteiger charge is 2.45. The second-order valence-electron chi connectivity index (χ2n) is 7.01. The summed E-state index contributed by atoms with van der Waals surface area (Å²) in [7, 11) is 0. The maximum atomic E-state index is 12.2. The van der Waals surface area contributed by atoms with Gasteiger partial charge in [0.25, 0.3) is 0 Å². The molecule has 1 aromatic carbocycles. The van der Waals surface area contributed by atoms with Gasteiger partial charge >= 0.3 is 0 Å². The lowest BCUT2D eigenvalue weighted by Crippen LogP contribution is -2.27. The predicted octanol–water partition coefficient (Wildman–Crippen LogP) is 3.54.